The van der Waals surface area contributed by atoms with E-state index in [1.54, 1.807) is 0 Å². The highest BCUT2D eigenvalue weighted by Crippen LogP contribution is 2.39. The zero-order valence-electron chi connectivity index (χ0n) is 8.14. The van der Waals surface area contributed by atoms with Crippen molar-refractivity contribution < 1.29 is 0 Å². The lowest BCUT2D eigenvalue weighted by molar-refractivity contribution is 0.800. The number of para-hydroxylation sites is 1. The lowest BCUT2D eigenvalue weighted by atomic mass is 9.89. The van der Waals surface area contributed by atoms with E-state index in [1.807, 2.05) is 24.3 Å². The maximum absolute atomic E-state index is 8.87. The summed E-state index contributed by atoms with van der Waals surface area (Å²) in [6, 6.07) is 10.8. The second-order valence-corrected chi connectivity index (χ2v) is 3.88. The zero-order valence-corrected chi connectivity index (χ0v) is 8.14. The number of nitriles is 1. The maximum atomic E-state index is 8.87. The van der Waals surface area contributed by atoms with E-state index >= 15 is 0 Å². The Balaban J connectivity index is 2.09. The molecule has 0 amide bonds. The quantitative estimate of drug-likeness (QED) is 0.689. The van der Waals surface area contributed by atoms with Crippen molar-refractivity contribution in [2.24, 2.45) is 0 Å². The molecule has 1 aromatic carbocycles. The first kappa shape index (κ1) is 8.31. The van der Waals surface area contributed by atoms with Crippen LogP contribution in [0.5, 0.6) is 0 Å². The summed E-state index contributed by atoms with van der Waals surface area (Å²) in [7, 11) is 0. The Bertz CT molecular complexity index is 506. The molecule has 72 valence electrons. The van der Waals surface area contributed by atoms with Gasteiger partial charge in [0.2, 0.25) is 0 Å². The van der Waals surface area contributed by atoms with Crippen LogP contribution in [0.4, 0.5) is 5.69 Å². The minimum atomic E-state index is 0.319. The first-order chi connectivity index (χ1) is 7.38. The topological polar surface area (TPSA) is 35.8 Å². The van der Waals surface area contributed by atoms with Crippen LogP contribution in [0.25, 0.3) is 0 Å². The molecule has 3 rings (SSSR count). The third kappa shape index (κ3) is 1.17. The zero-order chi connectivity index (χ0) is 10.3. The van der Waals surface area contributed by atoms with Crippen molar-refractivity contribution in [2.75, 3.05) is 5.32 Å². The van der Waals surface area contributed by atoms with Gasteiger partial charge in [0.05, 0.1) is 12.1 Å². The van der Waals surface area contributed by atoms with Gasteiger partial charge in [-0.1, -0.05) is 30.4 Å². The van der Waals surface area contributed by atoms with E-state index in [1.165, 1.54) is 11.3 Å². The van der Waals surface area contributed by atoms with Gasteiger partial charge in [0.25, 0.3) is 0 Å². The summed E-state index contributed by atoms with van der Waals surface area (Å²) in [5.74, 6) is 0.320. The molecule has 0 spiro atoms. The standard InChI is InChI=1S/C13H10N2/c14-8-9-5-6-13-11(7-9)10-3-1-2-4-12(10)15-13/h1-7,11,13,15H. The fraction of sp³-hybridized carbons (Fsp3) is 0.154. The van der Waals surface area contributed by atoms with E-state index in [4.69, 9.17) is 5.26 Å². The highest BCUT2D eigenvalue weighted by Gasteiger charge is 2.30. The van der Waals surface area contributed by atoms with Gasteiger partial charge >= 0.3 is 0 Å². The number of nitrogens with zero attached hydrogens (tertiary/aromatic N) is 1. The molecular weight excluding hydrogens is 184 g/mol. The molecule has 0 saturated carbocycles. The van der Waals surface area contributed by atoms with Gasteiger partial charge in [-0.2, -0.15) is 5.26 Å². The minimum absolute atomic E-state index is 0.319. The molecule has 2 nitrogen and oxygen atoms in total. The molecule has 0 radical (unpaired) electrons. The van der Waals surface area contributed by atoms with Crippen LogP contribution in [-0.2, 0) is 0 Å². The van der Waals surface area contributed by atoms with Crippen LogP contribution < -0.4 is 5.32 Å². The van der Waals surface area contributed by atoms with Crippen molar-refractivity contribution in [3.8, 4) is 6.07 Å². The third-order valence-electron chi connectivity index (χ3n) is 3.00. The second-order valence-electron chi connectivity index (χ2n) is 3.88. The number of nitrogens with one attached hydrogen (secondary N) is 1. The van der Waals surface area contributed by atoms with E-state index < -0.39 is 0 Å². The predicted octanol–water partition coefficient (Wildman–Crippen LogP) is 2.58. The van der Waals surface area contributed by atoms with Crippen LogP contribution in [0, 0.1) is 11.3 Å². The summed E-state index contributed by atoms with van der Waals surface area (Å²) in [4.78, 5) is 0. The second kappa shape index (κ2) is 2.99. The van der Waals surface area contributed by atoms with E-state index in [2.05, 4.69) is 29.6 Å². The highest BCUT2D eigenvalue weighted by atomic mass is 15.0. The number of rotatable bonds is 0. The Morgan fingerprint density at radius 3 is 3.00 bits per heavy atom. The van der Waals surface area contributed by atoms with Crippen LogP contribution in [0.1, 0.15) is 11.5 Å². The molecule has 0 saturated heterocycles. The molecule has 2 atom stereocenters. The van der Waals surface area contributed by atoms with Crippen LogP contribution in [0.2, 0.25) is 0 Å². The smallest absolute Gasteiger partial charge is 0.0988 e. The molecule has 0 bridgehead atoms. The Kier molecular flexibility index (Phi) is 1.66. The average Bonchev–Trinajstić information content (AvgIpc) is 2.66. The minimum Gasteiger partial charge on any atom is -0.378 e. The van der Waals surface area contributed by atoms with E-state index in [0.29, 0.717) is 12.0 Å². The molecule has 15 heavy (non-hydrogen) atoms. The molecule has 2 heteroatoms. The highest BCUT2D eigenvalue weighted by molar-refractivity contribution is 5.64. The van der Waals surface area contributed by atoms with Crippen molar-refractivity contribution in [1.29, 1.82) is 5.26 Å². The van der Waals surface area contributed by atoms with Gasteiger partial charge in [-0.3, -0.25) is 0 Å². The molecule has 1 aliphatic heterocycles. The summed E-state index contributed by atoms with van der Waals surface area (Å²) in [5, 5.41) is 12.3. The van der Waals surface area contributed by atoms with Crippen molar-refractivity contribution in [3.63, 3.8) is 0 Å². The molecule has 0 aromatic heterocycles. The molecule has 2 aliphatic rings. The number of hydrogen-bond donors (Lipinski definition) is 1. The van der Waals surface area contributed by atoms with Crippen molar-refractivity contribution >= 4 is 5.69 Å². The van der Waals surface area contributed by atoms with Crippen LogP contribution in [-0.4, -0.2) is 6.04 Å². The number of allylic oxidation sites excluding steroid dienone is 2. The van der Waals surface area contributed by atoms with Crippen LogP contribution in [0.15, 0.2) is 48.1 Å². The molecule has 0 fully saturated rings. The Labute approximate surface area is 88.5 Å². The summed E-state index contributed by atoms with van der Waals surface area (Å²) >= 11 is 0. The fourth-order valence-electron chi connectivity index (χ4n) is 2.27. The lowest BCUT2D eigenvalue weighted by Gasteiger charge is -2.16. The SMILES string of the molecule is N#CC1=CC2c3ccccc3NC2C=C1. The number of anilines is 1. The Morgan fingerprint density at radius 2 is 2.13 bits per heavy atom. The molecule has 1 heterocycles. The predicted molar refractivity (Wildman–Crippen MR) is 59.4 cm³/mol. The van der Waals surface area contributed by atoms with Crippen molar-refractivity contribution in [2.45, 2.75) is 12.0 Å². The first-order valence-corrected chi connectivity index (χ1v) is 5.04. The number of benzene rings is 1. The van der Waals surface area contributed by atoms with Crippen molar-refractivity contribution in [1.82, 2.24) is 0 Å². The monoisotopic (exact) mass is 194 g/mol. The number of hydrogen-bond acceptors (Lipinski definition) is 2. The molecule has 1 aromatic rings. The molecule has 2 unspecified atom stereocenters. The largest absolute Gasteiger partial charge is 0.378 e. The van der Waals surface area contributed by atoms with Crippen molar-refractivity contribution in [3.05, 3.63) is 53.6 Å². The molecular formula is C13H10N2. The number of fused-ring (bicyclic) bond motifs is 3. The summed E-state index contributed by atoms with van der Waals surface area (Å²) in [6.07, 6.45) is 6.01. The van der Waals surface area contributed by atoms with Gasteiger partial charge < -0.3 is 5.32 Å². The fourth-order valence-corrected chi connectivity index (χ4v) is 2.27. The molecule has 1 aliphatic carbocycles. The van der Waals surface area contributed by atoms with Gasteiger partial charge in [0.1, 0.15) is 0 Å². The van der Waals surface area contributed by atoms with E-state index in [0.717, 1.165) is 5.57 Å². The van der Waals surface area contributed by atoms with Gasteiger partial charge in [-0.25, -0.2) is 0 Å². The van der Waals surface area contributed by atoms with E-state index in [9.17, 15) is 0 Å². The first-order valence-electron chi connectivity index (χ1n) is 5.04. The Hall–Kier alpha value is -2.01. The Morgan fingerprint density at radius 1 is 1.27 bits per heavy atom. The van der Waals surface area contributed by atoms with Gasteiger partial charge in [0.15, 0.2) is 0 Å². The lowest BCUT2D eigenvalue weighted by Crippen LogP contribution is -2.18. The van der Waals surface area contributed by atoms with Crippen LogP contribution >= 0.6 is 0 Å². The van der Waals surface area contributed by atoms with Gasteiger partial charge in [0, 0.05) is 17.2 Å². The van der Waals surface area contributed by atoms with Crippen LogP contribution in [0.3, 0.4) is 0 Å². The third-order valence-corrected chi connectivity index (χ3v) is 3.00. The average molecular weight is 194 g/mol. The summed E-state index contributed by atoms with van der Waals surface area (Å²) < 4.78 is 0. The normalized spacial score (nSPS) is 25.9. The van der Waals surface area contributed by atoms with Gasteiger partial charge in [-0.15, -0.1) is 0 Å². The molecule has 1 N–H and O–H groups in total. The van der Waals surface area contributed by atoms with E-state index in [-0.39, 0.29) is 0 Å². The summed E-state index contributed by atoms with van der Waals surface area (Å²) in [6.45, 7) is 0. The summed E-state index contributed by atoms with van der Waals surface area (Å²) in [5.41, 5.74) is 3.24. The maximum Gasteiger partial charge on any atom is 0.0988 e. The van der Waals surface area contributed by atoms with Gasteiger partial charge in [-0.05, 0) is 17.7 Å².